The first-order valence-electron chi connectivity index (χ1n) is 10.6. The number of amides is 2. The minimum atomic E-state index is -4.46. The summed E-state index contributed by atoms with van der Waals surface area (Å²) in [7, 11) is 1.29. The Hall–Kier alpha value is -3.31. The Kier molecular flexibility index (Phi) is 6.67. The number of urea groups is 1. The van der Waals surface area contributed by atoms with Gasteiger partial charge in [0.15, 0.2) is 0 Å². The van der Waals surface area contributed by atoms with Gasteiger partial charge in [-0.1, -0.05) is 0 Å². The van der Waals surface area contributed by atoms with E-state index in [9.17, 15) is 27.9 Å². The molecule has 0 radical (unpaired) electrons. The van der Waals surface area contributed by atoms with Crippen molar-refractivity contribution in [3.05, 3.63) is 53.6 Å². The lowest BCUT2D eigenvalue weighted by Gasteiger charge is -2.36. The summed E-state index contributed by atoms with van der Waals surface area (Å²) < 4.78 is 54.6. The number of halogens is 3. The smallest absolute Gasteiger partial charge is 0.416 e. The molecular weight excluding hydrogens is 457 g/mol. The molecule has 1 saturated heterocycles. The molecule has 1 fully saturated rings. The first-order valence-corrected chi connectivity index (χ1v) is 10.6. The normalized spacial score (nSPS) is 23.3. The quantitative estimate of drug-likeness (QED) is 0.561. The molecule has 8 nitrogen and oxygen atoms in total. The highest BCUT2D eigenvalue weighted by molar-refractivity contribution is 5.99. The van der Waals surface area contributed by atoms with E-state index in [1.165, 1.54) is 19.2 Å². The van der Waals surface area contributed by atoms with Crippen molar-refractivity contribution in [1.82, 2.24) is 0 Å². The average molecular weight is 480 g/mol. The third kappa shape index (κ3) is 5.10. The zero-order valence-corrected chi connectivity index (χ0v) is 18.1. The average Bonchev–Trinajstić information content (AvgIpc) is 3.16. The number of hydrogen-bond acceptors (Lipinski definition) is 6. The van der Waals surface area contributed by atoms with Crippen LogP contribution in [0.3, 0.4) is 0 Å². The predicted molar refractivity (Wildman–Crippen MR) is 115 cm³/mol. The SMILES string of the molecule is COC(=O)C[C@H]1C[C@H]2c3cc(NC(=O)Nc4ccc(C(F)(F)F)cc4)ccc3O[C@H]2[C@H](CO)O1. The van der Waals surface area contributed by atoms with E-state index in [-0.39, 0.29) is 24.6 Å². The van der Waals surface area contributed by atoms with Crippen molar-refractivity contribution in [2.75, 3.05) is 24.4 Å². The number of rotatable bonds is 5. The maximum Gasteiger partial charge on any atom is 0.416 e. The second kappa shape index (κ2) is 9.51. The Bertz CT molecular complexity index is 1060. The van der Waals surface area contributed by atoms with Crippen LogP contribution < -0.4 is 15.4 Å². The summed E-state index contributed by atoms with van der Waals surface area (Å²) >= 11 is 0. The zero-order valence-electron chi connectivity index (χ0n) is 18.1. The topological polar surface area (TPSA) is 106 Å². The number of nitrogens with one attached hydrogen (secondary N) is 2. The monoisotopic (exact) mass is 480 g/mol. The van der Waals surface area contributed by atoms with Crippen LogP contribution in [0.4, 0.5) is 29.3 Å². The van der Waals surface area contributed by atoms with E-state index >= 15 is 0 Å². The Balaban J connectivity index is 1.45. The molecule has 0 saturated carbocycles. The van der Waals surface area contributed by atoms with Crippen molar-refractivity contribution >= 4 is 23.4 Å². The fourth-order valence-electron chi connectivity index (χ4n) is 4.27. The molecule has 3 N–H and O–H groups in total. The number of aliphatic hydroxyl groups excluding tert-OH is 1. The van der Waals surface area contributed by atoms with E-state index in [0.717, 1.165) is 17.7 Å². The number of carbonyl (C=O) groups is 2. The molecule has 4 rings (SSSR count). The standard InChI is InChI=1S/C23H23F3N2O6/c1-32-20(30)10-15-9-17-16-8-14(6-7-18(16)34-21(17)19(11-29)33-15)28-22(31)27-13-4-2-12(3-5-13)23(24,25)26/h2-8,15,17,19,21,29H,9-11H2,1H3,(H2,27,28,31)/t15-,17+,19+,21-/m1/s1. The fraction of sp³-hybridized carbons (Fsp3) is 0.391. The maximum absolute atomic E-state index is 12.7. The molecule has 2 aliphatic rings. The van der Waals surface area contributed by atoms with E-state index in [4.69, 9.17) is 14.2 Å². The molecule has 34 heavy (non-hydrogen) atoms. The summed E-state index contributed by atoms with van der Waals surface area (Å²) in [5.41, 5.74) is 0.642. The number of alkyl halides is 3. The van der Waals surface area contributed by atoms with Gasteiger partial charge in [0.2, 0.25) is 0 Å². The van der Waals surface area contributed by atoms with Crippen molar-refractivity contribution in [1.29, 1.82) is 0 Å². The van der Waals surface area contributed by atoms with E-state index in [1.54, 1.807) is 18.2 Å². The number of anilines is 2. The molecule has 2 heterocycles. The first-order chi connectivity index (χ1) is 16.2. The molecule has 2 amide bonds. The summed E-state index contributed by atoms with van der Waals surface area (Å²) in [6.45, 7) is -0.284. The highest BCUT2D eigenvalue weighted by Crippen LogP contribution is 2.47. The molecular formula is C23H23F3N2O6. The zero-order chi connectivity index (χ0) is 24.5. The molecule has 0 unspecified atom stereocenters. The molecule has 0 bridgehead atoms. The Morgan fingerprint density at radius 1 is 1.12 bits per heavy atom. The predicted octanol–water partition coefficient (Wildman–Crippen LogP) is 3.91. The fourth-order valence-corrected chi connectivity index (χ4v) is 4.27. The summed E-state index contributed by atoms with van der Waals surface area (Å²) in [5.74, 6) is -0.00520. The maximum atomic E-state index is 12.7. The van der Waals surface area contributed by atoms with Crippen LogP contribution in [0.1, 0.15) is 29.9 Å². The Morgan fingerprint density at radius 2 is 1.79 bits per heavy atom. The van der Waals surface area contributed by atoms with Gasteiger partial charge in [-0.2, -0.15) is 13.2 Å². The molecule has 2 aromatic rings. The number of hydrogen-bond donors (Lipinski definition) is 3. The lowest BCUT2D eigenvalue weighted by atomic mass is 9.84. The summed E-state index contributed by atoms with van der Waals surface area (Å²) in [6, 6.07) is 8.53. The van der Waals surface area contributed by atoms with Crippen molar-refractivity contribution in [3.8, 4) is 5.75 Å². The van der Waals surface area contributed by atoms with Crippen LogP contribution in [0, 0.1) is 0 Å². The molecule has 11 heteroatoms. The van der Waals surface area contributed by atoms with Crippen LogP contribution in [0.25, 0.3) is 0 Å². The number of carbonyl (C=O) groups excluding carboxylic acids is 2. The number of methoxy groups -OCH3 is 1. The number of esters is 1. The van der Waals surface area contributed by atoms with Crippen LogP contribution in [-0.2, 0) is 20.4 Å². The van der Waals surface area contributed by atoms with Gasteiger partial charge in [0.1, 0.15) is 18.0 Å². The van der Waals surface area contributed by atoms with Gasteiger partial charge in [-0.05, 0) is 48.9 Å². The van der Waals surface area contributed by atoms with Gasteiger partial charge in [-0.3, -0.25) is 4.79 Å². The van der Waals surface area contributed by atoms with Crippen LogP contribution >= 0.6 is 0 Å². The van der Waals surface area contributed by atoms with Crippen molar-refractivity contribution in [2.45, 2.75) is 43.2 Å². The van der Waals surface area contributed by atoms with Gasteiger partial charge in [0, 0.05) is 22.9 Å². The van der Waals surface area contributed by atoms with Crippen LogP contribution in [0.2, 0.25) is 0 Å². The number of fused-ring (bicyclic) bond motifs is 3. The first kappa shape index (κ1) is 23.8. The van der Waals surface area contributed by atoms with Crippen LogP contribution in [0.5, 0.6) is 5.75 Å². The molecule has 0 aromatic heterocycles. The second-order valence-corrected chi connectivity index (χ2v) is 8.09. The number of ether oxygens (including phenoxy) is 3. The lowest BCUT2D eigenvalue weighted by molar-refractivity contribution is -0.156. The Morgan fingerprint density at radius 3 is 2.44 bits per heavy atom. The van der Waals surface area contributed by atoms with Crippen molar-refractivity contribution in [3.63, 3.8) is 0 Å². The van der Waals surface area contributed by atoms with Crippen molar-refractivity contribution in [2.24, 2.45) is 0 Å². The van der Waals surface area contributed by atoms with E-state index < -0.39 is 42.1 Å². The van der Waals surface area contributed by atoms with Crippen molar-refractivity contribution < 1.29 is 42.1 Å². The second-order valence-electron chi connectivity index (χ2n) is 8.09. The summed E-state index contributed by atoms with van der Waals surface area (Å²) in [4.78, 5) is 24.1. The largest absolute Gasteiger partial charge is 0.487 e. The molecule has 0 aliphatic carbocycles. The van der Waals surface area contributed by atoms with Gasteiger partial charge in [-0.15, -0.1) is 0 Å². The van der Waals surface area contributed by atoms with Gasteiger partial charge in [0.05, 0.1) is 31.8 Å². The highest BCUT2D eigenvalue weighted by atomic mass is 19.4. The minimum absolute atomic E-state index is 0.0407. The van der Waals surface area contributed by atoms with Gasteiger partial charge >= 0.3 is 18.2 Å². The minimum Gasteiger partial charge on any atom is -0.487 e. The van der Waals surface area contributed by atoms with E-state index in [2.05, 4.69) is 10.6 Å². The van der Waals surface area contributed by atoms with Gasteiger partial charge in [-0.25, -0.2) is 4.79 Å². The molecule has 0 spiro atoms. The number of aliphatic hydroxyl groups is 1. The Labute approximate surface area is 193 Å². The third-order valence-electron chi connectivity index (χ3n) is 5.85. The summed E-state index contributed by atoms with van der Waals surface area (Å²) in [6.07, 6.45) is -5.48. The van der Waals surface area contributed by atoms with Gasteiger partial charge < -0.3 is 30.0 Å². The summed E-state index contributed by atoms with van der Waals surface area (Å²) in [5, 5.41) is 14.9. The molecule has 2 aliphatic heterocycles. The lowest BCUT2D eigenvalue weighted by Crippen LogP contribution is -2.46. The molecule has 182 valence electrons. The van der Waals surface area contributed by atoms with Crippen LogP contribution in [-0.4, -0.2) is 49.1 Å². The van der Waals surface area contributed by atoms with E-state index in [0.29, 0.717) is 17.9 Å². The molecule has 4 atom stereocenters. The highest BCUT2D eigenvalue weighted by Gasteiger charge is 2.46. The third-order valence-corrected chi connectivity index (χ3v) is 5.85. The molecule has 2 aromatic carbocycles. The van der Waals surface area contributed by atoms with E-state index in [1.807, 2.05) is 0 Å². The van der Waals surface area contributed by atoms with Gasteiger partial charge in [0.25, 0.3) is 0 Å². The van der Waals surface area contributed by atoms with Crippen LogP contribution in [0.15, 0.2) is 42.5 Å². The number of benzene rings is 2.